The van der Waals surface area contributed by atoms with E-state index in [9.17, 15) is 14.7 Å². The van der Waals surface area contributed by atoms with Crippen LogP contribution in [0.1, 0.15) is 17.9 Å². The molecule has 1 aliphatic heterocycles. The summed E-state index contributed by atoms with van der Waals surface area (Å²) in [5, 5.41) is 8.88. The molecule has 0 spiro atoms. The Balaban J connectivity index is 2.44. The number of halogens is 1. The first-order valence-corrected chi connectivity index (χ1v) is 7.76. The largest absolute Gasteiger partial charge is 0.496 e. The van der Waals surface area contributed by atoms with E-state index in [1.54, 1.807) is 13.2 Å². The average Bonchev–Trinajstić information content (AvgIpc) is 2.83. The van der Waals surface area contributed by atoms with Crippen molar-refractivity contribution in [2.45, 2.75) is 18.3 Å². The highest BCUT2D eigenvalue weighted by atomic mass is 79.9. The smallest absolute Gasteiger partial charge is 0.327 e. The molecule has 108 valence electrons. The minimum atomic E-state index is -0.982. The lowest BCUT2D eigenvalue weighted by atomic mass is 10.1. The SMILES string of the molecule is COc1ccc(Br)cc1[C@@H]1SC[C@@H](C(=O)O)N1C(C)=O. The molecule has 0 bridgehead atoms. The molecule has 1 saturated heterocycles. The monoisotopic (exact) mass is 359 g/mol. The summed E-state index contributed by atoms with van der Waals surface area (Å²) in [6.45, 7) is 1.39. The number of ether oxygens (including phenoxy) is 1. The number of aliphatic carboxylic acids is 1. The number of carbonyl (C=O) groups is 2. The molecule has 1 N–H and O–H groups in total. The second-order valence-electron chi connectivity index (χ2n) is 4.35. The molecule has 0 aromatic heterocycles. The van der Waals surface area contributed by atoms with Crippen molar-refractivity contribution >= 4 is 39.6 Å². The van der Waals surface area contributed by atoms with Gasteiger partial charge < -0.3 is 14.7 Å². The fourth-order valence-electron chi connectivity index (χ4n) is 2.22. The summed E-state index contributed by atoms with van der Waals surface area (Å²) in [5.74, 6) is -0.225. The van der Waals surface area contributed by atoms with Crippen molar-refractivity contribution < 1.29 is 19.4 Å². The average molecular weight is 360 g/mol. The van der Waals surface area contributed by atoms with E-state index < -0.39 is 12.0 Å². The van der Waals surface area contributed by atoms with Crippen LogP contribution in [0.4, 0.5) is 0 Å². The fourth-order valence-corrected chi connectivity index (χ4v) is 4.09. The van der Waals surface area contributed by atoms with E-state index in [2.05, 4.69) is 15.9 Å². The van der Waals surface area contributed by atoms with Gasteiger partial charge in [0.25, 0.3) is 0 Å². The van der Waals surface area contributed by atoms with Crippen molar-refractivity contribution in [3.05, 3.63) is 28.2 Å². The van der Waals surface area contributed by atoms with Gasteiger partial charge in [-0.25, -0.2) is 4.79 Å². The van der Waals surface area contributed by atoms with E-state index in [4.69, 9.17) is 4.74 Å². The van der Waals surface area contributed by atoms with Gasteiger partial charge in [0.1, 0.15) is 17.2 Å². The van der Waals surface area contributed by atoms with Gasteiger partial charge in [-0.15, -0.1) is 11.8 Å². The van der Waals surface area contributed by atoms with Gasteiger partial charge >= 0.3 is 5.97 Å². The highest BCUT2D eigenvalue weighted by Gasteiger charge is 2.42. The third-order valence-electron chi connectivity index (χ3n) is 3.11. The van der Waals surface area contributed by atoms with Gasteiger partial charge in [0.05, 0.1) is 7.11 Å². The van der Waals surface area contributed by atoms with Crippen molar-refractivity contribution in [2.24, 2.45) is 0 Å². The zero-order chi connectivity index (χ0) is 14.9. The van der Waals surface area contributed by atoms with Crippen molar-refractivity contribution in [3.8, 4) is 5.75 Å². The molecule has 2 rings (SSSR count). The Morgan fingerprint density at radius 2 is 2.20 bits per heavy atom. The number of hydrogen-bond donors (Lipinski definition) is 1. The maximum Gasteiger partial charge on any atom is 0.327 e. The first-order chi connectivity index (χ1) is 9.45. The van der Waals surface area contributed by atoms with Gasteiger partial charge in [-0.3, -0.25) is 4.79 Å². The number of thioether (sulfide) groups is 1. The van der Waals surface area contributed by atoms with Gasteiger partial charge in [0.2, 0.25) is 5.91 Å². The molecule has 1 aromatic rings. The van der Waals surface area contributed by atoms with E-state index in [-0.39, 0.29) is 11.3 Å². The maximum absolute atomic E-state index is 11.8. The van der Waals surface area contributed by atoms with Crippen LogP contribution in [0.3, 0.4) is 0 Å². The number of nitrogens with zero attached hydrogens (tertiary/aromatic N) is 1. The van der Waals surface area contributed by atoms with Gasteiger partial charge in [-0.1, -0.05) is 15.9 Å². The highest BCUT2D eigenvalue weighted by Crippen LogP contribution is 2.45. The molecule has 1 fully saturated rings. The Bertz CT molecular complexity index is 551. The molecule has 7 heteroatoms. The third kappa shape index (κ3) is 2.78. The summed E-state index contributed by atoms with van der Waals surface area (Å²) in [5.41, 5.74) is 0.797. The van der Waals surface area contributed by atoms with Crippen LogP contribution < -0.4 is 4.74 Å². The van der Waals surface area contributed by atoms with E-state index in [0.29, 0.717) is 11.5 Å². The van der Waals surface area contributed by atoms with Gasteiger partial charge in [-0.2, -0.15) is 0 Å². The number of hydrogen-bond acceptors (Lipinski definition) is 4. The van der Waals surface area contributed by atoms with Crippen LogP contribution >= 0.6 is 27.7 Å². The first kappa shape index (κ1) is 15.2. The van der Waals surface area contributed by atoms with Gasteiger partial charge in [0, 0.05) is 22.7 Å². The van der Waals surface area contributed by atoms with Crippen molar-refractivity contribution in [1.29, 1.82) is 0 Å². The molecule has 1 aromatic carbocycles. The number of methoxy groups -OCH3 is 1. The predicted octanol–water partition coefficient (Wildman–Crippen LogP) is 2.50. The molecular formula is C13H14BrNO4S. The minimum Gasteiger partial charge on any atom is -0.496 e. The number of rotatable bonds is 3. The predicted molar refractivity (Wildman–Crippen MR) is 79.8 cm³/mol. The lowest BCUT2D eigenvalue weighted by molar-refractivity contribution is -0.148. The van der Waals surface area contributed by atoms with Gasteiger partial charge in [-0.05, 0) is 18.2 Å². The first-order valence-electron chi connectivity index (χ1n) is 5.92. The summed E-state index contributed by atoms with van der Waals surface area (Å²) in [6, 6.07) is 4.70. The Labute approximate surface area is 129 Å². The number of carbonyl (C=O) groups excluding carboxylic acids is 1. The Morgan fingerprint density at radius 1 is 1.50 bits per heavy atom. The van der Waals surface area contributed by atoms with Crippen LogP contribution in [0.15, 0.2) is 22.7 Å². The van der Waals surface area contributed by atoms with Crippen LogP contribution in [-0.4, -0.2) is 40.8 Å². The molecule has 0 aliphatic carbocycles. The second kappa shape index (κ2) is 6.05. The molecule has 1 amide bonds. The van der Waals surface area contributed by atoms with Crippen molar-refractivity contribution in [3.63, 3.8) is 0 Å². The lowest BCUT2D eigenvalue weighted by Gasteiger charge is -2.27. The van der Waals surface area contributed by atoms with Crippen LogP contribution in [0, 0.1) is 0 Å². The van der Waals surface area contributed by atoms with Crippen LogP contribution in [0.5, 0.6) is 5.75 Å². The van der Waals surface area contributed by atoms with Crippen molar-refractivity contribution in [2.75, 3.05) is 12.9 Å². The Kier molecular flexibility index (Phi) is 4.59. The molecule has 5 nitrogen and oxygen atoms in total. The normalized spacial score (nSPS) is 21.9. The molecule has 0 saturated carbocycles. The summed E-state index contributed by atoms with van der Waals surface area (Å²) in [6.07, 6.45) is 0. The summed E-state index contributed by atoms with van der Waals surface area (Å²) in [7, 11) is 1.55. The summed E-state index contributed by atoms with van der Waals surface area (Å²) < 4.78 is 6.17. The number of amides is 1. The number of carboxylic acids is 1. The quantitative estimate of drug-likeness (QED) is 0.897. The fraction of sp³-hybridized carbons (Fsp3) is 0.385. The zero-order valence-electron chi connectivity index (χ0n) is 11.0. The van der Waals surface area contributed by atoms with E-state index in [1.807, 2.05) is 12.1 Å². The standard InChI is InChI=1S/C13H14BrNO4S/c1-7(16)15-10(13(17)18)6-20-12(15)9-5-8(14)3-4-11(9)19-2/h3-5,10,12H,6H2,1-2H3,(H,17,18)/t10-,12-/m0/s1. The van der Waals surface area contributed by atoms with Crippen LogP contribution in [0.2, 0.25) is 0 Å². The minimum absolute atomic E-state index is 0.255. The molecule has 2 atom stereocenters. The maximum atomic E-state index is 11.8. The molecule has 0 radical (unpaired) electrons. The van der Waals surface area contributed by atoms with Gasteiger partial charge in [0.15, 0.2) is 0 Å². The Morgan fingerprint density at radius 3 is 2.75 bits per heavy atom. The van der Waals surface area contributed by atoms with Crippen LogP contribution in [0.25, 0.3) is 0 Å². The topological polar surface area (TPSA) is 66.8 Å². The second-order valence-corrected chi connectivity index (χ2v) is 6.38. The zero-order valence-corrected chi connectivity index (χ0v) is 13.4. The summed E-state index contributed by atoms with van der Waals surface area (Å²) in [4.78, 5) is 24.5. The molecular weight excluding hydrogens is 346 g/mol. The lowest BCUT2D eigenvalue weighted by Crippen LogP contribution is -2.41. The van der Waals surface area contributed by atoms with E-state index in [0.717, 1.165) is 10.0 Å². The molecule has 20 heavy (non-hydrogen) atoms. The Hall–Kier alpha value is -1.21. The van der Waals surface area contributed by atoms with Crippen molar-refractivity contribution in [1.82, 2.24) is 4.90 Å². The molecule has 1 heterocycles. The highest BCUT2D eigenvalue weighted by molar-refractivity contribution is 9.10. The van der Waals surface area contributed by atoms with E-state index in [1.165, 1.54) is 23.6 Å². The molecule has 0 unspecified atom stereocenters. The molecule has 1 aliphatic rings. The summed E-state index contributed by atoms with van der Waals surface area (Å²) >= 11 is 4.82. The van der Waals surface area contributed by atoms with E-state index >= 15 is 0 Å². The number of benzene rings is 1. The number of carboxylic acid groups (broad SMARTS) is 1. The van der Waals surface area contributed by atoms with Crippen LogP contribution in [-0.2, 0) is 9.59 Å². The third-order valence-corrected chi connectivity index (χ3v) is 4.91.